The third kappa shape index (κ3) is 2.83. The quantitative estimate of drug-likeness (QED) is 0.629. The largest absolute Gasteiger partial charge is 0.357 e. The van der Waals surface area contributed by atoms with Crippen LogP contribution in [0.3, 0.4) is 0 Å². The van der Waals surface area contributed by atoms with Gasteiger partial charge in [-0.25, -0.2) is 0 Å². The van der Waals surface area contributed by atoms with Gasteiger partial charge in [0.25, 0.3) is 0 Å². The summed E-state index contributed by atoms with van der Waals surface area (Å²) in [6.45, 7) is 5.61. The van der Waals surface area contributed by atoms with E-state index in [1.807, 2.05) is 4.90 Å². The van der Waals surface area contributed by atoms with E-state index in [-0.39, 0.29) is 10.7 Å². The molecule has 0 N–H and O–H groups in total. The van der Waals surface area contributed by atoms with E-state index in [1.165, 1.54) is 0 Å². The van der Waals surface area contributed by atoms with Crippen molar-refractivity contribution in [3.05, 3.63) is 26.3 Å². The summed E-state index contributed by atoms with van der Waals surface area (Å²) in [6, 6.07) is 1.06. The molecule has 0 bridgehead atoms. The number of rotatable bonds is 3. The molecule has 104 valence electrons. The van der Waals surface area contributed by atoms with Crippen molar-refractivity contribution in [1.82, 2.24) is 0 Å². The maximum Gasteiger partial charge on any atom is 0.333 e. The fourth-order valence-electron chi connectivity index (χ4n) is 2.64. The Kier molecular flexibility index (Phi) is 3.70. The van der Waals surface area contributed by atoms with Crippen LogP contribution in [-0.2, 0) is 0 Å². The van der Waals surface area contributed by atoms with E-state index in [0.717, 1.165) is 23.8 Å². The average molecular weight is 285 g/mol. The molecule has 8 heteroatoms. The first-order valence-corrected chi connectivity index (χ1v) is 6.87. The molecule has 1 aliphatic rings. The van der Waals surface area contributed by atoms with Crippen LogP contribution in [0.15, 0.2) is 6.07 Å². The van der Waals surface area contributed by atoms with E-state index in [1.54, 1.807) is 0 Å². The minimum absolute atomic E-state index is 0.155. The predicted octanol–water partition coefficient (Wildman–Crippen LogP) is 3.05. The highest BCUT2D eigenvalue weighted by molar-refractivity contribution is 7.19. The lowest BCUT2D eigenvalue weighted by Crippen LogP contribution is -2.38. The Hall–Kier alpha value is -1.70. The Balaban J connectivity index is 2.37. The van der Waals surface area contributed by atoms with Gasteiger partial charge in [-0.15, -0.1) is 0 Å². The molecule has 1 saturated heterocycles. The van der Waals surface area contributed by atoms with E-state index < -0.39 is 9.85 Å². The molecule has 0 amide bonds. The zero-order valence-electron chi connectivity index (χ0n) is 10.7. The fourth-order valence-corrected chi connectivity index (χ4v) is 3.59. The Morgan fingerprint density at radius 1 is 1.21 bits per heavy atom. The molecule has 1 aromatic rings. The Labute approximate surface area is 114 Å². The van der Waals surface area contributed by atoms with Crippen LogP contribution < -0.4 is 4.90 Å². The first kappa shape index (κ1) is 13.7. The van der Waals surface area contributed by atoms with Crippen LogP contribution in [0.2, 0.25) is 0 Å². The van der Waals surface area contributed by atoms with Crippen molar-refractivity contribution >= 4 is 27.0 Å². The second kappa shape index (κ2) is 5.12. The molecule has 2 unspecified atom stereocenters. The number of thiophene rings is 1. The van der Waals surface area contributed by atoms with Crippen LogP contribution in [0, 0.1) is 32.1 Å². The van der Waals surface area contributed by atoms with Crippen molar-refractivity contribution in [2.45, 2.75) is 20.3 Å². The zero-order valence-corrected chi connectivity index (χ0v) is 11.6. The molecule has 2 rings (SSSR count). The Bertz CT molecular complexity index is 506. The van der Waals surface area contributed by atoms with Crippen LogP contribution in [0.5, 0.6) is 0 Å². The van der Waals surface area contributed by atoms with Crippen molar-refractivity contribution in [3.8, 4) is 0 Å². The van der Waals surface area contributed by atoms with Gasteiger partial charge in [0.1, 0.15) is 6.07 Å². The van der Waals surface area contributed by atoms with E-state index >= 15 is 0 Å². The van der Waals surface area contributed by atoms with E-state index in [2.05, 4.69) is 13.8 Å². The molecule has 0 aliphatic carbocycles. The molecule has 1 aliphatic heterocycles. The van der Waals surface area contributed by atoms with Crippen molar-refractivity contribution < 1.29 is 9.85 Å². The van der Waals surface area contributed by atoms with Gasteiger partial charge >= 0.3 is 10.7 Å². The van der Waals surface area contributed by atoms with Crippen molar-refractivity contribution in [3.63, 3.8) is 0 Å². The molecule has 1 fully saturated rings. The van der Waals surface area contributed by atoms with Gasteiger partial charge < -0.3 is 4.90 Å². The molecular weight excluding hydrogens is 270 g/mol. The third-order valence-electron chi connectivity index (χ3n) is 3.21. The molecule has 0 spiro atoms. The number of hydrogen-bond donors (Lipinski definition) is 0. The van der Waals surface area contributed by atoms with Gasteiger partial charge in [-0.3, -0.25) is 20.2 Å². The summed E-state index contributed by atoms with van der Waals surface area (Å²) >= 11 is 0.892. The van der Waals surface area contributed by atoms with Gasteiger partial charge in [-0.05, 0) is 29.6 Å². The molecular formula is C11H15N3O4S. The zero-order chi connectivity index (χ0) is 14.2. The second-order valence-corrected chi connectivity index (χ2v) is 6.15. The molecule has 0 radical (unpaired) electrons. The van der Waals surface area contributed by atoms with Crippen LogP contribution in [-0.4, -0.2) is 22.9 Å². The minimum atomic E-state index is -0.571. The molecule has 2 heterocycles. The highest BCUT2D eigenvalue weighted by Gasteiger charge is 2.32. The normalized spacial score (nSPS) is 23.4. The average Bonchev–Trinajstić information content (AvgIpc) is 2.72. The number of hydrogen-bond acceptors (Lipinski definition) is 6. The molecule has 0 aromatic carbocycles. The van der Waals surface area contributed by atoms with Gasteiger partial charge in [0.05, 0.1) is 9.85 Å². The van der Waals surface area contributed by atoms with E-state index in [0.29, 0.717) is 29.9 Å². The van der Waals surface area contributed by atoms with Crippen LogP contribution in [0.4, 0.5) is 15.7 Å². The molecule has 2 atom stereocenters. The SMILES string of the molecule is CC1CC(C)CN(c2sc([N+](=O)[O-])cc2[N+](=O)[O-])C1. The standard InChI is InChI=1S/C11H15N3O4S/c1-7-3-8(2)6-12(5-7)11-9(13(15)16)4-10(19-11)14(17)18/h4,7-8H,3,5-6H2,1-2H3. The smallest absolute Gasteiger partial charge is 0.333 e. The number of nitrogens with zero attached hydrogens (tertiary/aromatic N) is 3. The number of piperidine rings is 1. The summed E-state index contributed by atoms with van der Waals surface area (Å²) in [6.07, 6.45) is 1.08. The van der Waals surface area contributed by atoms with Gasteiger partial charge in [0, 0.05) is 13.1 Å². The lowest BCUT2D eigenvalue weighted by molar-refractivity contribution is -0.389. The maximum atomic E-state index is 11.0. The summed E-state index contributed by atoms with van der Waals surface area (Å²) in [5, 5.41) is 22.0. The lowest BCUT2D eigenvalue weighted by Gasteiger charge is -2.35. The molecule has 1 aromatic heterocycles. The summed E-state index contributed by atoms with van der Waals surface area (Å²) < 4.78 is 0. The highest BCUT2D eigenvalue weighted by atomic mass is 32.1. The topological polar surface area (TPSA) is 89.5 Å². The maximum absolute atomic E-state index is 11.0. The Morgan fingerprint density at radius 3 is 2.26 bits per heavy atom. The van der Waals surface area contributed by atoms with Gasteiger partial charge in [0.15, 0.2) is 5.00 Å². The Morgan fingerprint density at radius 2 is 1.79 bits per heavy atom. The number of nitro groups is 2. The van der Waals surface area contributed by atoms with Crippen LogP contribution in [0.25, 0.3) is 0 Å². The molecule has 0 saturated carbocycles. The first-order valence-electron chi connectivity index (χ1n) is 6.06. The predicted molar refractivity (Wildman–Crippen MR) is 72.8 cm³/mol. The fraction of sp³-hybridized carbons (Fsp3) is 0.636. The summed E-state index contributed by atoms with van der Waals surface area (Å²) in [5.41, 5.74) is -0.155. The number of anilines is 1. The van der Waals surface area contributed by atoms with E-state index in [9.17, 15) is 20.2 Å². The minimum Gasteiger partial charge on any atom is -0.357 e. The highest BCUT2D eigenvalue weighted by Crippen LogP contribution is 2.43. The lowest BCUT2D eigenvalue weighted by atomic mass is 9.92. The van der Waals surface area contributed by atoms with Crippen LogP contribution >= 0.6 is 11.3 Å². The van der Waals surface area contributed by atoms with Crippen molar-refractivity contribution in [1.29, 1.82) is 0 Å². The summed E-state index contributed by atoms with van der Waals surface area (Å²) in [7, 11) is 0. The monoisotopic (exact) mass is 285 g/mol. The van der Waals surface area contributed by atoms with E-state index in [4.69, 9.17) is 0 Å². The van der Waals surface area contributed by atoms with Gasteiger partial charge in [0.2, 0.25) is 0 Å². The third-order valence-corrected chi connectivity index (χ3v) is 4.35. The summed E-state index contributed by atoms with van der Waals surface area (Å²) in [5.74, 6) is 0.869. The van der Waals surface area contributed by atoms with Crippen molar-refractivity contribution in [2.75, 3.05) is 18.0 Å². The first-order chi connectivity index (χ1) is 8.88. The molecule has 7 nitrogen and oxygen atoms in total. The van der Waals surface area contributed by atoms with Gasteiger partial charge in [-0.1, -0.05) is 13.8 Å². The second-order valence-electron chi connectivity index (χ2n) is 5.14. The van der Waals surface area contributed by atoms with Crippen LogP contribution in [0.1, 0.15) is 20.3 Å². The van der Waals surface area contributed by atoms with Crippen molar-refractivity contribution in [2.24, 2.45) is 11.8 Å². The van der Waals surface area contributed by atoms with Gasteiger partial charge in [-0.2, -0.15) is 0 Å². The summed E-state index contributed by atoms with van der Waals surface area (Å²) in [4.78, 5) is 22.6. The molecule has 19 heavy (non-hydrogen) atoms.